The molecular weight excluding hydrogens is 258 g/mol. The first-order valence-electron chi connectivity index (χ1n) is 6.42. The van der Waals surface area contributed by atoms with Crippen molar-refractivity contribution >= 4 is 22.9 Å². The zero-order valence-corrected chi connectivity index (χ0v) is 11.5. The van der Waals surface area contributed by atoms with Crippen LogP contribution in [-0.2, 0) is 22.6 Å². The third-order valence-electron chi connectivity index (χ3n) is 3.14. The van der Waals surface area contributed by atoms with Crippen molar-refractivity contribution in [3.63, 3.8) is 0 Å². The highest BCUT2D eigenvalue weighted by Gasteiger charge is 2.16. The van der Waals surface area contributed by atoms with Gasteiger partial charge in [-0.25, -0.2) is 4.98 Å². The van der Waals surface area contributed by atoms with Crippen molar-refractivity contribution in [2.75, 3.05) is 13.6 Å². The minimum absolute atomic E-state index is 0.105. The summed E-state index contributed by atoms with van der Waals surface area (Å²) in [4.78, 5) is 28.4. The largest absolute Gasteiger partial charge is 0.480 e. The molecule has 0 aliphatic heterocycles. The lowest BCUT2D eigenvalue weighted by Crippen LogP contribution is -2.34. The average Bonchev–Trinajstić information content (AvgIpc) is 2.76. The van der Waals surface area contributed by atoms with E-state index in [2.05, 4.69) is 4.98 Å². The Morgan fingerprint density at radius 2 is 2.05 bits per heavy atom. The van der Waals surface area contributed by atoms with Crippen molar-refractivity contribution in [3.05, 3.63) is 30.1 Å². The van der Waals surface area contributed by atoms with Gasteiger partial charge < -0.3 is 14.6 Å². The smallest absolute Gasteiger partial charge is 0.323 e. The van der Waals surface area contributed by atoms with Crippen molar-refractivity contribution in [2.24, 2.45) is 0 Å². The molecule has 2 rings (SSSR count). The van der Waals surface area contributed by atoms with Gasteiger partial charge in [-0.05, 0) is 12.1 Å². The predicted octanol–water partition coefficient (Wildman–Crippen LogP) is 1.14. The molecule has 0 fully saturated rings. The fraction of sp³-hybridized carbons (Fsp3) is 0.357. The van der Waals surface area contributed by atoms with Gasteiger partial charge in [0, 0.05) is 13.5 Å². The van der Waals surface area contributed by atoms with Crippen molar-refractivity contribution in [2.45, 2.75) is 19.9 Å². The van der Waals surface area contributed by atoms with E-state index >= 15 is 0 Å². The number of aryl methyl sites for hydroxylation is 1. The number of carbonyl (C=O) groups excluding carboxylic acids is 1. The molecule has 1 amide bonds. The van der Waals surface area contributed by atoms with E-state index in [1.807, 2.05) is 35.8 Å². The molecule has 1 aromatic heterocycles. The molecule has 0 aliphatic rings. The van der Waals surface area contributed by atoms with E-state index in [1.54, 1.807) is 0 Å². The number of amides is 1. The quantitative estimate of drug-likeness (QED) is 0.888. The molecule has 0 spiro atoms. The van der Waals surface area contributed by atoms with Crippen LogP contribution in [0.15, 0.2) is 24.3 Å². The fourth-order valence-electron chi connectivity index (χ4n) is 2.12. The second-order valence-corrected chi connectivity index (χ2v) is 4.60. The topological polar surface area (TPSA) is 75.4 Å². The maximum absolute atomic E-state index is 12.1. The van der Waals surface area contributed by atoms with Gasteiger partial charge in [-0.1, -0.05) is 19.1 Å². The molecule has 6 nitrogen and oxygen atoms in total. The molecule has 0 saturated heterocycles. The molecule has 0 unspecified atom stereocenters. The number of benzene rings is 1. The normalized spacial score (nSPS) is 10.7. The van der Waals surface area contributed by atoms with E-state index in [0.29, 0.717) is 6.42 Å². The lowest BCUT2D eigenvalue weighted by atomic mass is 10.3. The van der Waals surface area contributed by atoms with Gasteiger partial charge in [0.25, 0.3) is 0 Å². The van der Waals surface area contributed by atoms with Crippen molar-refractivity contribution in [1.29, 1.82) is 0 Å². The van der Waals surface area contributed by atoms with E-state index in [-0.39, 0.29) is 19.0 Å². The maximum atomic E-state index is 12.1. The first kappa shape index (κ1) is 14.0. The Kier molecular flexibility index (Phi) is 4.02. The molecule has 20 heavy (non-hydrogen) atoms. The SMILES string of the molecule is CCc1nc2ccccc2n1CC(=O)N(C)CC(=O)O. The third kappa shape index (κ3) is 2.79. The summed E-state index contributed by atoms with van der Waals surface area (Å²) in [6, 6.07) is 7.60. The van der Waals surface area contributed by atoms with Crippen LogP contribution in [0.1, 0.15) is 12.7 Å². The number of carboxylic acid groups (broad SMARTS) is 1. The Hall–Kier alpha value is -2.37. The first-order chi connectivity index (χ1) is 9.52. The number of likely N-dealkylation sites (N-methyl/N-ethyl adjacent to an activating group) is 1. The van der Waals surface area contributed by atoms with Gasteiger partial charge in [-0.15, -0.1) is 0 Å². The molecule has 1 heterocycles. The predicted molar refractivity (Wildman–Crippen MR) is 74.4 cm³/mol. The Morgan fingerprint density at radius 3 is 2.70 bits per heavy atom. The van der Waals surface area contributed by atoms with Crippen LogP contribution in [0.25, 0.3) is 11.0 Å². The summed E-state index contributed by atoms with van der Waals surface area (Å²) in [5, 5.41) is 8.72. The van der Waals surface area contributed by atoms with Crippen LogP contribution in [0, 0.1) is 0 Å². The zero-order chi connectivity index (χ0) is 14.7. The number of carbonyl (C=O) groups is 2. The Balaban J connectivity index is 2.28. The zero-order valence-electron chi connectivity index (χ0n) is 11.5. The molecule has 0 aliphatic carbocycles. The van der Waals surface area contributed by atoms with Crippen LogP contribution in [0.4, 0.5) is 0 Å². The number of carboxylic acids is 1. The molecule has 1 N–H and O–H groups in total. The number of aromatic nitrogens is 2. The number of hydrogen-bond donors (Lipinski definition) is 1. The number of aliphatic carboxylic acids is 1. The highest BCUT2D eigenvalue weighted by molar-refractivity contribution is 5.83. The molecule has 6 heteroatoms. The van der Waals surface area contributed by atoms with Gasteiger partial charge in [0.1, 0.15) is 18.9 Å². The number of imidazole rings is 1. The number of hydrogen-bond acceptors (Lipinski definition) is 3. The average molecular weight is 275 g/mol. The van der Waals surface area contributed by atoms with Crippen molar-refractivity contribution < 1.29 is 14.7 Å². The molecule has 0 saturated carbocycles. The molecule has 0 atom stereocenters. The van der Waals surface area contributed by atoms with Crippen LogP contribution < -0.4 is 0 Å². The Bertz CT molecular complexity index is 648. The summed E-state index contributed by atoms with van der Waals surface area (Å²) in [5.41, 5.74) is 1.74. The van der Waals surface area contributed by atoms with Crippen molar-refractivity contribution in [1.82, 2.24) is 14.5 Å². The van der Waals surface area contributed by atoms with E-state index in [9.17, 15) is 9.59 Å². The van der Waals surface area contributed by atoms with Crippen LogP contribution in [-0.4, -0.2) is 45.0 Å². The molecule has 2 aromatic rings. The number of nitrogens with zero attached hydrogens (tertiary/aromatic N) is 3. The standard InChI is InChI=1S/C14H17N3O3/c1-3-12-15-10-6-4-5-7-11(10)17(12)8-13(18)16(2)9-14(19)20/h4-7H,3,8-9H2,1-2H3,(H,19,20). The van der Waals surface area contributed by atoms with Crippen LogP contribution >= 0.6 is 0 Å². The van der Waals surface area contributed by atoms with E-state index in [4.69, 9.17) is 5.11 Å². The summed E-state index contributed by atoms with van der Waals surface area (Å²) in [6.45, 7) is 1.78. The summed E-state index contributed by atoms with van der Waals surface area (Å²) in [5.74, 6) is -0.444. The Morgan fingerprint density at radius 1 is 1.35 bits per heavy atom. The van der Waals surface area contributed by atoms with E-state index in [0.717, 1.165) is 16.9 Å². The first-order valence-corrected chi connectivity index (χ1v) is 6.42. The maximum Gasteiger partial charge on any atom is 0.323 e. The molecule has 0 bridgehead atoms. The van der Waals surface area contributed by atoms with Crippen LogP contribution in [0.3, 0.4) is 0 Å². The van der Waals surface area contributed by atoms with Crippen LogP contribution in [0.2, 0.25) is 0 Å². The number of rotatable bonds is 5. The van der Waals surface area contributed by atoms with Gasteiger partial charge in [-0.3, -0.25) is 9.59 Å². The summed E-state index contributed by atoms with van der Waals surface area (Å²) < 4.78 is 1.84. The van der Waals surface area contributed by atoms with E-state index < -0.39 is 5.97 Å². The molecule has 1 aromatic carbocycles. The monoisotopic (exact) mass is 275 g/mol. The summed E-state index contributed by atoms with van der Waals surface area (Å²) in [7, 11) is 1.49. The highest BCUT2D eigenvalue weighted by atomic mass is 16.4. The minimum Gasteiger partial charge on any atom is -0.480 e. The lowest BCUT2D eigenvalue weighted by Gasteiger charge is -2.16. The summed E-state index contributed by atoms with van der Waals surface area (Å²) >= 11 is 0. The fourth-order valence-corrected chi connectivity index (χ4v) is 2.12. The minimum atomic E-state index is -1.02. The van der Waals surface area contributed by atoms with E-state index in [1.165, 1.54) is 11.9 Å². The molecule has 0 radical (unpaired) electrons. The summed E-state index contributed by atoms with van der Waals surface area (Å²) in [6.07, 6.45) is 0.713. The van der Waals surface area contributed by atoms with Gasteiger partial charge in [0.2, 0.25) is 5.91 Å². The lowest BCUT2D eigenvalue weighted by molar-refractivity contribution is -0.143. The van der Waals surface area contributed by atoms with Gasteiger partial charge in [0.05, 0.1) is 11.0 Å². The third-order valence-corrected chi connectivity index (χ3v) is 3.14. The van der Waals surface area contributed by atoms with Crippen molar-refractivity contribution in [3.8, 4) is 0 Å². The number of para-hydroxylation sites is 2. The van der Waals surface area contributed by atoms with Crippen LogP contribution in [0.5, 0.6) is 0 Å². The molecule has 106 valence electrons. The Labute approximate surface area is 116 Å². The molecular formula is C14H17N3O3. The highest BCUT2D eigenvalue weighted by Crippen LogP contribution is 2.16. The second-order valence-electron chi connectivity index (χ2n) is 4.60. The van der Waals surface area contributed by atoms with Gasteiger partial charge in [-0.2, -0.15) is 0 Å². The number of fused-ring (bicyclic) bond motifs is 1. The van der Waals surface area contributed by atoms with Gasteiger partial charge in [0.15, 0.2) is 0 Å². The second kappa shape index (κ2) is 5.73. The van der Waals surface area contributed by atoms with Gasteiger partial charge >= 0.3 is 5.97 Å².